The van der Waals surface area contributed by atoms with Gasteiger partial charge in [0.05, 0.1) is 0 Å². The lowest BCUT2D eigenvalue weighted by molar-refractivity contribution is 0.734. The van der Waals surface area contributed by atoms with E-state index >= 15 is 0 Å². The Labute approximate surface area is 95.2 Å². The van der Waals surface area contributed by atoms with E-state index in [4.69, 9.17) is 0 Å². The maximum absolute atomic E-state index is 3.37. The zero-order valence-electron chi connectivity index (χ0n) is 6.69. The van der Waals surface area contributed by atoms with Crippen LogP contribution in [0.25, 0.3) is 0 Å². The second kappa shape index (κ2) is 5.94. The van der Waals surface area contributed by atoms with Gasteiger partial charge in [0, 0.05) is 22.0 Å². The summed E-state index contributed by atoms with van der Waals surface area (Å²) in [6.45, 7) is 1.98. The first-order valence-electron chi connectivity index (χ1n) is 3.84. The van der Waals surface area contributed by atoms with Crippen LogP contribution in [0.1, 0.15) is 5.56 Å². The second-order valence-corrected chi connectivity index (χ2v) is 4.53. The molecule has 0 unspecified atom stereocenters. The third-order valence-corrected chi connectivity index (χ3v) is 2.63. The van der Waals surface area contributed by atoms with Crippen LogP contribution in [0.2, 0.25) is 0 Å². The molecule has 0 radical (unpaired) electrons. The van der Waals surface area contributed by atoms with Crippen molar-refractivity contribution in [2.24, 2.45) is 0 Å². The molecule has 0 aromatic heterocycles. The lowest BCUT2D eigenvalue weighted by Crippen LogP contribution is -2.15. The van der Waals surface area contributed by atoms with Crippen LogP contribution in [0.5, 0.6) is 0 Å². The molecule has 0 amide bonds. The molecule has 0 heterocycles. The normalized spacial score (nSPS) is 10.2. The molecule has 0 aliphatic carbocycles. The largest absolute Gasteiger partial charge is 0.312 e. The predicted octanol–water partition coefficient (Wildman–Crippen LogP) is 2.78. The van der Waals surface area contributed by atoms with Crippen molar-refractivity contribution in [2.75, 3.05) is 11.9 Å². The number of hydrogen-bond acceptors (Lipinski definition) is 1. The molecule has 1 aromatic rings. The molecular formula is C9H11BrIN. The van der Waals surface area contributed by atoms with Gasteiger partial charge in [-0.15, -0.1) is 0 Å². The quantitative estimate of drug-likeness (QED) is 0.505. The van der Waals surface area contributed by atoms with Crippen molar-refractivity contribution in [1.82, 2.24) is 5.32 Å². The third-order valence-electron chi connectivity index (χ3n) is 1.51. The minimum atomic E-state index is 0.961. The highest BCUT2D eigenvalue weighted by Gasteiger charge is 1.90. The van der Waals surface area contributed by atoms with Crippen LogP contribution in [0.15, 0.2) is 24.3 Å². The predicted molar refractivity (Wildman–Crippen MR) is 64.7 cm³/mol. The van der Waals surface area contributed by atoms with E-state index in [1.165, 1.54) is 9.13 Å². The minimum absolute atomic E-state index is 0.961. The van der Waals surface area contributed by atoms with Crippen molar-refractivity contribution < 1.29 is 0 Å². The molecule has 1 N–H and O–H groups in total. The molecule has 3 heteroatoms. The summed E-state index contributed by atoms with van der Waals surface area (Å²) < 4.78 is 1.29. The molecule has 66 valence electrons. The van der Waals surface area contributed by atoms with Gasteiger partial charge in [-0.25, -0.2) is 0 Å². The van der Waals surface area contributed by atoms with E-state index in [1.807, 2.05) is 0 Å². The summed E-state index contributed by atoms with van der Waals surface area (Å²) >= 11 is 5.68. The number of benzene rings is 1. The van der Waals surface area contributed by atoms with Crippen LogP contribution in [0.3, 0.4) is 0 Å². The van der Waals surface area contributed by atoms with Gasteiger partial charge in [0.25, 0.3) is 0 Å². The summed E-state index contributed by atoms with van der Waals surface area (Å²) in [6.07, 6.45) is 0. The Kier molecular flexibility index (Phi) is 5.18. The molecule has 0 spiro atoms. The van der Waals surface area contributed by atoms with Crippen LogP contribution in [0.4, 0.5) is 0 Å². The Balaban J connectivity index is 2.37. The summed E-state index contributed by atoms with van der Waals surface area (Å²) in [6, 6.07) is 8.57. The Morgan fingerprint density at radius 1 is 1.25 bits per heavy atom. The molecule has 0 aliphatic heterocycles. The van der Waals surface area contributed by atoms with Crippen molar-refractivity contribution in [2.45, 2.75) is 6.54 Å². The van der Waals surface area contributed by atoms with E-state index in [2.05, 4.69) is 68.1 Å². The molecule has 0 aliphatic rings. The van der Waals surface area contributed by atoms with Crippen LogP contribution >= 0.6 is 38.5 Å². The van der Waals surface area contributed by atoms with Crippen molar-refractivity contribution in [3.05, 3.63) is 33.4 Å². The highest BCUT2D eigenvalue weighted by atomic mass is 127. The third kappa shape index (κ3) is 3.87. The maximum atomic E-state index is 3.37. The van der Waals surface area contributed by atoms with E-state index in [0.29, 0.717) is 0 Å². The molecule has 12 heavy (non-hydrogen) atoms. The maximum Gasteiger partial charge on any atom is 0.0205 e. The molecule has 1 nitrogen and oxygen atoms in total. The Morgan fingerprint density at radius 2 is 1.92 bits per heavy atom. The SMILES string of the molecule is BrCCNCc1ccc(I)cc1. The molecule has 0 saturated heterocycles. The molecule has 0 saturated carbocycles. The van der Waals surface area contributed by atoms with Gasteiger partial charge in [-0.05, 0) is 40.3 Å². The summed E-state index contributed by atoms with van der Waals surface area (Å²) in [4.78, 5) is 0. The minimum Gasteiger partial charge on any atom is -0.312 e. The number of halogens is 2. The molecular weight excluding hydrogens is 329 g/mol. The van der Waals surface area contributed by atoms with Gasteiger partial charge < -0.3 is 5.32 Å². The average Bonchev–Trinajstić information content (AvgIpc) is 2.09. The van der Waals surface area contributed by atoms with Gasteiger partial charge in [0.1, 0.15) is 0 Å². The lowest BCUT2D eigenvalue weighted by atomic mass is 10.2. The van der Waals surface area contributed by atoms with E-state index in [-0.39, 0.29) is 0 Å². The standard InChI is InChI=1S/C9H11BrIN/c10-5-6-12-7-8-1-3-9(11)4-2-8/h1-4,12H,5-7H2. The highest BCUT2D eigenvalue weighted by molar-refractivity contribution is 14.1. The summed E-state index contributed by atoms with van der Waals surface area (Å²) in [5.41, 5.74) is 1.34. The number of rotatable bonds is 4. The summed E-state index contributed by atoms with van der Waals surface area (Å²) in [5.74, 6) is 0. The second-order valence-electron chi connectivity index (χ2n) is 2.49. The summed E-state index contributed by atoms with van der Waals surface area (Å²) in [7, 11) is 0. The Morgan fingerprint density at radius 3 is 2.50 bits per heavy atom. The molecule has 0 atom stereocenters. The Hall–Kier alpha value is 0.390. The van der Waals surface area contributed by atoms with Gasteiger partial charge in [-0.1, -0.05) is 28.1 Å². The number of alkyl halides is 1. The number of nitrogens with one attached hydrogen (secondary N) is 1. The van der Waals surface area contributed by atoms with Crippen LogP contribution in [-0.4, -0.2) is 11.9 Å². The van der Waals surface area contributed by atoms with Gasteiger partial charge in [0.15, 0.2) is 0 Å². The molecule has 0 fully saturated rings. The molecule has 1 aromatic carbocycles. The van der Waals surface area contributed by atoms with Crippen LogP contribution in [0, 0.1) is 3.57 Å². The zero-order chi connectivity index (χ0) is 8.81. The van der Waals surface area contributed by atoms with Gasteiger partial charge >= 0.3 is 0 Å². The fourth-order valence-corrected chi connectivity index (χ4v) is 1.54. The first-order chi connectivity index (χ1) is 5.83. The first-order valence-corrected chi connectivity index (χ1v) is 6.04. The van der Waals surface area contributed by atoms with Crippen LogP contribution in [-0.2, 0) is 6.54 Å². The first kappa shape index (κ1) is 10.5. The van der Waals surface area contributed by atoms with E-state index in [0.717, 1.165) is 18.4 Å². The fraction of sp³-hybridized carbons (Fsp3) is 0.333. The average molecular weight is 340 g/mol. The van der Waals surface area contributed by atoms with Gasteiger partial charge in [-0.2, -0.15) is 0 Å². The van der Waals surface area contributed by atoms with E-state index < -0.39 is 0 Å². The smallest absolute Gasteiger partial charge is 0.0205 e. The summed E-state index contributed by atoms with van der Waals surface area (Å²) in [5, 5.41) is 4.33. The van der Waals surface area contributed by atoms with Crippen molar-refractivity contribution in [3.8, 4) is 0 Å². The number of hydrogen-bond donors (Lipinski definition) is 1. The highest BCUT2D eigenvalue weighted by Crippen LogP contribution is 2.06. The van der Waals surface area contributed by atoms with Crippen molar-refractivity contribution in [1.29, 1.82) is 0 Å². The van der Waals surface area contributed by atoms with Crippen molar-refractivity contribution >= 4 is 38.5 Å². The molecule has 0 bridgehead atoms. The zero-order valence-corrected chi connectivity index (χ0v) is 10.4. The monoisotopic (exact) mass is 339 g/mol. The Bertz CT molecular complexity index is 222. The molecule has 1 rings (SSSR count). The van der Waals surface area contributed by atoms with Gasteiger partial charge in [-0.3, -0.25) is 0 Å². The van der Waals surface area contributed by atoms with Crippen LogP contribution < -0.4 is 5.32 Å². The topological polar surface area (TPSA) is 12.0 Å². The van der Waals surface area contributed by atoms with Gasteiger partial charge in [0.2, 0.25) is 0 Å². The lowest BCUT2D eigenvalue weighted by Gasteiger charge is -2.02. The fourth-order valence-electron chi connectivity index (χ4n) is 0.902. The van der Waals surface area contributed by atoms with Crippen molar-refractivity contribution in [3.63, 3.8) is 0 Å². The van der Waals surface area contributed by atoms with E-state index in [9.17, 15) is 0 Å². The van der Waals surface area contributed by atoms with E-state index in [1.54, 1.807) is 0 Å².